The zero-order valence-corrected chi connectivity index (χ0v) is 9.12. The van der Waals surface area contributed by atoms with Crippen LogP contribution in [-0.4, -0.2) is 30.9 Å². The number of amides is 1. The van der Waals surface area contributed by atoms with Crippen molar-refractivity contribution >= 4 is 11.6 Å². The number of likely N-dealkylation sites (N-methyl/N-ethyl adjacent to an activating group) is 1. The molecule has 1 aromatic carbocycles. The number of para-hydroxylation sites is 1. The van der Waals surface area contributed by atoms with E-state index in [1.165, 1.54) is 11.0 Å². The van der Waals surface area contributed by atoms with E-state index >= 15 is 0 Å². The van der Waals surface area contributed by atoms with Gasteiger partial charge in [0.1, 0.15) is 11.9 Å². The fourth-order valence-corrected chi connectivity index (χ4v) is 1.26. The fourth-order valence-electron chi connectivity index (χ4n) is 1.26. The lowest BCUT2D eigenvalue weighted by atomic mass is 10.2. The Hall–Kier alpha value is -1.58. The Morgan fingerprint density at radius 1 is 1.40 bits per heavy atom. The topological polar surface area (TPSA) is 32.3 Å². The van der Waals surface area contributed by atoms with Crippen LogP contribution in [-0.2, 0) is 4.79 Å². The molecule has 1 aromatic rings. The lowest BCUT2D eigenvalue weighted by Crippen LogP contribution is -2.36. The van der Waals surface area contributed by atoms with Crippen LogP contribution in [0.4, 0.5) is 10.1 Å². The number of halogens is 1. The Morgan fingerprint density at radius 2 is 2.00 bits per heavy atom. The van der Waals surface area contributed by atoms with Crippen LogP contribution in [0.15, 0.2) is 24.3 Å². The molecule has 3 nitrogen and oxygen atoms in total. The number of anilines is 1. The molecule has 0 saturated carbocycles. The minimum absolute atomic E-state index is 0.0850. The van der Waals surface area contributed by atoms with Gasteiger partial charge in [-0.3, -0.25) is 4.79 Å². The first kappa shape index (κ1) is 11.5. The molecule has 0 radical (unpaired) electrons. The standard InChI is InChI=1S/C11H15FN2O/c1-8(11(15)14(2)3)13-10-7-5-4-6-9(10)12/h4-8,13H,1-3H3. The highest BCUT2D eigenvalue weighted by Crippen LogP contribution is 2.13. The Morgan fingerprint density at radius 3 is 2.53 bits per heavy atom. The van der Waals surface area contributed by atoms with Gasteiger partial charge in [0.2, 0.25) is 5.91 Å². The lowest BCUT2D eigenvalue weighted by molar-refractivity contribution is -0.129. The van der Waals surface area contributed by atoms with Crippen molar-refractivity contribution in [3.05, 3.63) is 30.1 Å². The van der Waals surface area contributed by atoms with E-state index in [9.17, 15) is 9.18 Å². The number of carbonyl (C=O) groups excluding carboxylic acids is 1. The zero-order valence-electron chi connectivity index (χ0n) is 9.12. The molecule has 82 valence electrons. The summed E-state index contributed by atoms with van der Waals surface area (Å²) in [4.78, 5) is 13.0. The van der Waals surface area contributed by atoms with E-state index in [-0.39, 0.29) is 11.7 Å². The molecular weight excluding hydrogens is 195 g/mol. The van der Waals surface area contributed by atoms with Crippen LogP contribution >= 0.6 is 0 Å². The monoisotopic (exact) mass is 210 g/mol. The van der Waals surface area contributed by atoms with Gasteiger partial charge in [0.15, 0.2) is 0 Å². The van der Waals surface area contributed by atoms with Gasteiger partial charge in [-0.1, -0.05) is 12.1 Å². The third-order valence-corrected chi connectivity index (χ3v) is 2.06. The summed E-state index contributed by atoms with van der Waals surface area (Å²) in [7, 11) is 3.34. The predicted octanol–water partition coefficient (Wildman–Crippen LogP) is 1.71. The maximum atomic E-state index is 13.2. The Balaban J connectivity index is 2.71. The second-order valence-corrected chi connectivity index (χ2v) is 3.58. The SMILES string of the molecule is CC(Nc1ccccc1F)C(=O)N(C)C. The van der Waals surface area contributed by atoms with Crippen molar-refractivity contribution in [2.24, 2.45) is 0 Å². The molecule has 1 N–H and O–H groups in total. The highest BCUT2D eigenvalue weighted by Gasteiger charge is 2.15. The van der Waals surface area contributed by atoms with Gasteiger partial charge in [0.25, 0.3) is 0 Å². The average Bonchev–Trinajstić information content (AvgIpc) is 2.20. The normalized spacial score (nSPS) is 12.0. The Bertz CT molecular complexity index is 352. The summed E-state index contributed by atoms with van der Waals surface area (Å²) >= 11 is 0. The summed E-state index contributed by atoms with van der Waals surface area (Å²) in [6.07, 6.45) is 0. The minimum atomic E-state index is -0.433. The van der Waals surface area contributed by atoms with E-state index in [2.05, 4.69) is 5.32 Å². The molecule has 15 heavy (non-hydrogen) atoms. The zero-order chi connectivity index (χ0) is 11.4. The first-order valence-corrected chi connectivity index (χ1v) is 4.74. The van der Waals surface area contributed by atoms with Crippen molar-refractivity contribution in [1.29, 1.82) is 0 Å². The molecular formula is C11H15FN2O. The molecule has 0 aromatic heterocycles. The molecule has 0 saturated heterocycles. The van der Waals surface area contributed by atoms with Gasteiger partial charge in [-0.05, 0) is 19.1 Å². The molecule has 0 spiro atoms. The van der Waals surface area contributed by atoms with Gasteiger partial charge >= 0.3 is 0 Å². The quantitative estimate of drug-likeness (QED) is 0.823. The van der Waals surface area contributed by atoms with E-state index < -0.39 is 6.04 Å². The number of benzene rings is 1. The predicted molar refractivity (Wildman–Crippen MR) is 58.2 cm³/mol. The van der Waals surface area contributed by atoms with Crippen molar-refractivity contribution in [2.75, 3.05) is 19.4 Å². The molecule has 1 rings (SSSR count). The summed E-state index contributed by atoms with van der Waals surface area (Å²) in [5.41, 5.74) is 0.347. The third kappa shape index (κ3) is 2.94. The van der Waals surface area contributed by atoms with Gasteiger partial charge < -0.3 is 10.2 Å². The molecule has 1 atom stereocenters. The van der Waals surface area contributed by atoms with E-state index in [4.69, 9.17) is 0 Å². The van der Waals surface area contributed by atoms with Crippen LogP contribution in [0.3, 0.4) is 0 Å². The molecule has 0 aliphatic carbocycles. The number of nitrogens with zero attached hydrogens (tertiary/aromatic N) is 1. The highest BCUT2D eigenvalue weighted by atomic mass is 19.1. The van der Waals surface area contributed by atoms with Gasteiger partial charge in [0.05, 0.1) is 5.69 Å². The first-order chi connectivity index (χ1) is 7.02. The van der Waals surface area contributed by atoms with Crippen molar-refractivity contribution in [3.8, 4) is 0 Å². The first-order valence-electron chi connectivity index (χ1n) is 4.74. The number of hydrogen-bond donors (Lipinski definition) is 1. The molecule has 0 fully saturated rings. The van der Waals surface area contributed by atoms with Crippen molar-refractivity contribution in [2.45, 2.75) is 13.0 Å². The maximum Gasteiger partial charge on any atom is 0.244 e. The van der Waals surface area contributed by atoms with Gasteiger partial charge in [-0.25, -0.2) is 4.39 Å². The molecule has 0 aliphatic rings. The van der Waals surface area contributed by atoms with Crippen LogP contribution in [0.1, 0.15) is 6.92 Å². The summed E-state index contributed by atoms with van der Waals surface area (Å²) in [6.45, 7) is 1.70. The summed E-state index contributed by atoms with van der Waals surface area (Å²) in [6, 6.07) is 5.86. The second kappa shape index (κ2) is 4.77. The molecule has 1 amide bonds. The Kier molecular flexibility index (Phi) is 3.66. The van der Waals surface area contributed by atoms with Crippen molar-refractivity contribution < 1.29 is 9.18 Å². The average molecular weight is 210 g/mol. The second-order valence-electron chi connectivity index (χ2n) is 3.58. The van der Waals surface area contributed by atoms with Crippen LogP contribution in [0.5, 0.6) is 0 Å². The van der Waals surface area contributed by atoms with Crippen LogP contribution in [0.25, 0.3) is 0 Å². The summed E-state index contributed by atoms with van der Waals surface area (Å²) < 4.78 is 13.2. The fraction of sp³-hybridized carbons (Fsp3) is 0.364. The molecule has 0 bridgehead atoms. The highest BCUT2D eigenvalue weighted by molar-refractivity contribution is 5.83. The van der Waals surface area contributed by atoms with Crippen molar-refractivity contribution in [3.63, 3.8) is 0 Å². The summed E-state index contributed by atoms with van der Waals surface area (Å²) in [5, 5.41) is 2.83. The molecule has 1 unspecified atom stereocenters. The van der Waals surface area contributed by atoms with Crippen LogP contribution in [0.2, 0.25) is 0 Å². The van der Waals surface area contributed by atoms with Crippen molar-refractivity contribution in [1.82, 2.24) is 4.90 Å². The lowest BCUT2D eigenvalue weighted by Gasteiger charge is -2.19. The van der Waals surface area contributed by atoms with E-state index in [0.717, 1.165) is 0 Å². The van der Waals surface area contributed by atoms with Crippen LogP contribution < -0.4 is 5.32 Å². The van der Waals surface area contributed by atoms with Gasteiger partial charge in [0, 0.05) is 14.1 Å². The molecule has 0 aliphatic heterocycles. The summed E-state index contributed by atoms with van der Waals surface area (Å²) in [5.74, 6) is -0.436. The largest absolute Gasteiger partial charge is 0.372 e. The number of rotatable bonds is 3. The number of hydrogen-bond acceptors (Lipinski definition) is 2. The number of carbonyl (C=O) groups is 1. The maximum absolute atomic E-state index is 13.2. The minimum Gasteiger partial charge on any atom is -0.372 e. The van der Waals surface area contributed by atoms with E-state index in [1.54, 1.807) is 39.2 Å². The Labute approximate surface area is 88.9 Å². The van der Waals surface area contributed by atoms with E-state index in [1.807, 2.05) is 0 Å². The van der Waals surface area contributed by atoms with Gasteiger partial charge in [-0.15, -0.1) is 0 Å². The molecule has 4 heteroatoms. The molecule has 0 heterocycles. The third-order valence-electron chi connectivity index (χ3n) is 2.06. The van der Waals surface area contributed by atoms with Crippen LogP contribution in [0, 0.1) is 5.82 Å². The number of nitrogens with one attached hydrogen (secondary N) is 1. The van der Waals surface area contributed by atoms with Gasteiger partial charge in [-0.2, -0.15) is 0 Å². The van der Waals surface area contributed by atoms with E-state index in [0.29, 0.717) is 5.69 Å². The smallest absolute Gasteiger partial charge is 0.244 e.